The Bertz CT molecular complexity index is 748. The number of likely N-dealkylation sites (N-methyl/N-ethyl adjacent to an activating group) is 1. The van der Waals surface area contributed by atoms with E-state index in [1.54, 1.807) is 0 Å². The quantitative estimate of drug-likeness (QED) is 0.774. The minimum absolute atomic E-state index is 0.199. The number of hydrogen-bond acceptors (Lipinski definition) is 6. The fourth-order valence-corrected chi connectivity index (χ4v) is 2.98. The second-order valence-corrected chi connectivity index (χ2v) is 7.54. The summed E-state index contributed by atoms with van der Waals surface area (Å²) in [4.78, 5) is 23.2. The van der Waals surface area contributed by atoms with E-state index in [-0.39, 0.29) is 5.91 Å². The number of hydrogen-bond donors (Lipinski definition) is 0. The molecular weight excluding hydrogens is 342 g/mol. The van der Waals surface area contributed by atoms with Gasteiger partial charge in [-0.2, -0.15) is 4.98 Å². The molecule has 0 saturated carbocycles. The van der Waals surface area contributed by atoms with Crippen molar-refractivity contribution in [2.45, 2.75) is 33.4 Å². The average molecular weight is 371 g/mol. The predicted molar refractivity (Wildman–Crippen MR) is 104 cm³/mol. The van der Waals surface area contributed by atoms with Crippen LogP contribution in [0.25, 0.3) is 11.4 Å². The average Bonchev–Trinajstić information content (AvgIpc) is 3.11. The maximum Gasteiger partial charge on any atom is 0.241 e. The van der Waals surface area contributed by atoms with Gasteiger partial charge in [0.25, 0.3) is 0 Å². The largest absolute Gasteiger partial charge is 0.339 e. The lowest BCUT2D eigenvalue weighted by atomic mass is 10.1. The van der Waals surface area contributed by atoms with Gasteiger partial charge in [-0.15, -0.1) is 0 Å². The highest BCUT2D eigenvalue weighted by atomic mass is 16.5. The van der Waals surface area contributed by atoms with Gasteiger partial charge >= 0.3 is 0 Å². The van der Waals surface area contributed by atoms with Gasteiger partial charge in [0.2, 0.25) is 17.6 Å². The third kappa shape index (κ3) is 5.14. The Kier molecular flexibility index (Phi) is 6.23. The molecule has 0 radical (unpaired) electrons. The Morgan fingerprint density at radius 2 is 1.85 bits per heavy atom. The van der Waals surface area contributed by atoms with E-state index in [4.69, 9.17) is 4.52 Å². The molecule has 1 amide bonds. The molecule has 1 aliphatic heterocycles. The third-order valence-electron chi connectivity index (χ3n) is 5.13. The Balaban J connectivity index is 1.49. The highest BCUT2D eigenvalue weighted by Gasteiger charge is 2.23. The monoisotopic (exact) mass is 371 g/mol. The van der Waals surface area contributed by atoms with E-state index in [9.17, 15) is 4.79 Å². The van der Waals surface area contributed by atoms with Crippen LogP contribution < -0.4 is 0 Å². The zero-order chi connectivity index (χ0) is 19.4. The van der Waals surface area contributed by atoms with Gasteiger partial charge in [-0.25, -0.2) is 0 Å². The third-order valence-corrected chi connectivity index (χ3v) is 5.13. The van der Waals surface area contributed by atoms with Crippen LogP contribution in [0.2, 0.25) is 0 Å². The van der Waals surface area contributed by atoms with Crippen LogP contribution in [-0.4, -0.2) is 76.6 Å². The molecule has 27 heavy (non-hydrogen) atoms. The molecule has 146 valence electrons. The summed E-state index contributed by atoms with van der Waals surface area (Å²) in [6.45, 7) is 10.5. The molecule has 7 nitrogen and oxygen atoms in total. The maximum absolute atomic E-state index is 12.4. The Morgan fingerprint density at radius 3 is 2.48 bits per heavy atom. The van der Waals surface area contributed by atoms with Crippen LogP contribution in [0.15, 0.2) is 28.8 Å². The Morgan fingerprint density at radius 1 is 1.19 bits per heavy atom. The zero-order valence-electron chi connectivity index (χ0n) is 16.7. The molecule has 0 N–H and O–H groups in total. The summed E-state index contributed by atoms with van der Waals surface area (Å²) in [6.07, 6.45) is 0. The van der Waals surface area contributed by atoms with Gasteiger partial charge in [0.15, 0.2) is 0 Å². The number of carbonyl (C=O) groups excluding carboxylic acids is 1. The summed E-state index contributed by atoms with van der Waals surface area (Å²) in [7, 11) is 1.99. The Hall–Kier alpha value is -2.25. The summed E-state index contributed by atoms with van der Waals surface area (Å²) in [5.74, 6) is 1.44. The van der Waals surface area contributed by atoms with Gasteiger partial charge in [0.05, 0.1) is 13.1 Å². The van der Waals surface area contributed by atoms with Crippen molar-refractivity contribution in [3.63, 3.8) is 0 Å². The molecule has 1 fully saturated rings. The van der Waals surface area contributed by atoms with Crippen molar-refractivity contribution in [3.8, 4) is 11.4 Å². The smallest absolute Gasteiger partial charge is 0.241 e. The molecule has 2 aromatic rings. The SMILES string of the molecule is Cc1ccc(-c2noc(CN3CCN(C(=O)CN(C)C(C)C)CC3)n2)cc1. The van der Waals surface area contributed by atoms with Crippen molar-refractivity contribution < 1.29 is 9.32 Å². The molecule has 1 aromatic heterocycles. The molecule has 2 heterocycles. The molecule has 0 bridgehead atoms. The summed E-state index contributed by atoms with van der Waals surface area (Å²) < 4.78 is 5.42. The summed E-state index contributed by atoms with van der Waals surface area (Å²) >= 11 is 0. The molecule has 7 heteroatoms. The fraction of sp³-hybridized carbons (Fsp3) is 0.550. The normalized spacial score (nSPS) is 15.7. The van der Waals surface area contributed by atoms with Crippen molar-refractivity contribution in [3.05, 3.63) is 35.7 Å². The molecule has 0 unspecified atom stereocenters. The van der Waals surface area contributed by atoms with Crippen LogP contribution in [-0.2, 0) is 11.3 Å². The highest BCUT2D eigenvalue weighted by molar-refractivity contribution is 5.78. The molecule has 1 aliphatic rings. The lowest BCUT2D eigenvalue weighted by molar-refractivity contribution is -0.134. The fourth-order valence-electron chi connectivity index (χ4n) is 2.98. The lowest BCUT2D eigenvalue weighted by Gasteiger charge is -2.35. The van der Waals surface area contributed by atoms with Crippen LogP contribution in [0, 0.1) is 6.92 Å². The summed E-state index contributed by atoms with van der Waals surface area (Å²) in [6, 6.07) is 8.46. The van der Waals surface area contributed by atoms with E-state index in [1.165, 1.54) is 5.56 Å². The maximum atomic E-state index is 12.4. The summed E-state index contributed by atoms with van der Waals surface area (Å²) in [5.41, 5.74) is 2.16. The highest BCUT2D eigenvalue weighted by Crippen LogP contribution is 2.17. The van der Waals surface area contributed by atoms with Gasteiger partial charge in [0.1, 0.15) is 0 Å². The first-order valence-corrected chi connectivity index (χ1v) is 9.52. The number of rotatable bonds is 6. The lowest BCUT2D eigenvalue weighted by Crippen LogP contribution is -2.51. The number of carbonyl (C=O) groups is 1. The van der Waals surface area contributed by atoms with Crippen molar-refractivity contribution >= 4 is 5.91 Å². The van der Waals surface area contributed by atoms with E-state index in [0.29, 0.717) is 30.8 Å². The van der Waals surface area contributed by atoms with Crippen molar-refractivity contribution in [1.82, 2.24) is 24.8 Å². The zero-order valence-corrected chi connectivity index (χ0v) is 16.7. The number of amides is 1. The van der Waals surface area contributed by atoms with Gasteiger partial charge in [-0.05, 0) is 27.8 Å². The second-order valence-electron chi connectivity index (χ2n) is 7.54. The number of benzene rings is 1. The first-order valence-electron chi connectivity index (χ1n) is 9.52. The molecule has 3 rings (SSSR count). The second kappa shape index (κ2) is 8.63. The van der Waals surface area contributed by atoms with Crippen LogP contribution in [0.1, 0.15) is 25.3 Å². The Labute approximate surface area is 160 Å². The van der Waals surface area contributed by atoms with E-state index in [0.717, 1.165) is 31.7 Å². The molecule has 0 spiro atoms. The predicted octanol–water partition coefficient (Wildman–Crippen LogP) is 2.03. The van der Waals surface area contributed by atoms with Crippen LogP contribution >= 0.6 is 0 Å². The number of aromatic nitrogens is 2. The standard InChI is InChI=1S/C20H29N5O2/c1-15(2)23(4)14-19(26)25-11-9-24(10-12-25)13-18-21-20(22-27-18)17-7-5-16(3)6-8-17/h5-8,15H,9-14H2,1-4H3. The van der Waals surface area contributed by atoms with Gasteiger partial charge < -0.3 is 9.42 Å². The van der Waals surface area contributed by atoms with Gasteiger partial charge in [-0.3, -0.25) is 14.6 Å². The summed E-state index contributed by atoms with van der Waals surface area (Å²) in [5, 5.41) is 4.09. The molecule has 1 aromatic carbocycles. The number of aryl methyl sites for hydroxylation is 1. The van der Waals surface area contributed by atoms with Crippen LogP contribution in [0.4, 0.5) is 0 Å². The van der Waals surface area contributed by atoms with Crippen LogP contribution in [0.3, 0.4) is 0 Å². The minimum atomic E-state index is 0.199. The van der Waals surface area contributed by atoms with Crippen molar-refractivity contribution in [2.75, 3.05) is 39.8 Å². The molecular formula is C20H29N5O2. The van der Waals surface area contributed by atoms with E-state index in [1.807, 2.05) is 36.2 Å². The number of piperazine rings is 1. The van der Waals surface area contributed by atoms with Crippen LogP contribution in [0.5, 0.6) is 0 Å². The van der Waals surface area contributed by atoms with Gasteiger partial charge in [0, 0.05) is 37.8 Å². The first-order chi connectivity index (χ1) is 12.9. The van der Waals surface area contributed by atoms with Crippen molar-refractivity contribution in [2.24, 2.45) is 0 Å². The van der Waals surface area contributed by atoms with Gasteiger partial charge in [-0.1, -0.05) is 35.0 Å². The topological polar surface area (TPSA) is 65.7 Å². The van der Waals surface area contributed by atoms with Crippen molar-refractivity contribution in [1.29, 1.82) is 0 Å². The van der Waals surface area contributed by atoms with E-state index < -0.39 is 0 Å². The first kappa shape index (κ1) is 19.5. The number of nitrogens with zero attached hydrogens (tertiary/aromatic N) is 5. The van der Waals surface area contributed by atoms with E-state index >= 15 is 0 Å². The minimum Gasteiger partial charge on any atom is -0.339 e. The molecule has 0 atom stereocenters. The molecule has 1 saturated heterocycles. The van der Waals surface area contributed by atoms with E-state index in [2.05, 4.69) is 40.7 Å². The molecule has 0 aliphatic carbocycles.